The molecule has 1 nitrogen and oxygen atoms in total. The van der Waals surface area contributed by atoms with Gasteiger partial charge in [0.1, 0.15) is 5.75 Å². The summed E-state index contributed by atoms with van der Waals surface area (Å²) < 4.78 is 0. The molecule has 0 amide bonds. The molecule has 0 saturated carbocycles. The van der Waals surface area contributed by atoms with Gasteiger partial charge in [0.05, 0.1) is 0 Å². The molecule has 82 valence electrons. The SMILES string of the molecule is CC.CC.CCCc1ccc(O)cc1. The fourth-order valence-electron chi connectivity index (χ4n) is 0.951. The van der Waals surface area contributed by atoms with Crippen LogP contribution in [-0.2, 0) is 6.42 Å². The summed E-state index contributed by atoms with van der Waals surface area (Å²) in [5, 5.41) is 8.92. The number of hydrogen-bond donors (Lipinski definition) is 1. The molecule has 0 spiro atoms. The Bertz CT molecular complexity index is 189. The Hall–Kier alpha value is -0.980. The molecule has 1 heteroatoms. The minimum absolute atomic E-state index is 0.347. The van der Waals surface area contributed by atoms with Crippen molar-refractivity contribution < 1.29 is 5.11 Å². The average molecular weight is 196 g/mol. The molecule has 0 aromatic heterocycles. The van der Waals surface area contributed by atoms with Gasteiger partial charge in [0, 0.05) is 0 Å². The second kappa shape index (κ2) is 12.0. The number of rotatable bonds is 2. The van der Waals surface area contributed by atoms with Crippen molar-refractivity contribution in [1.29, 1.82) is 0 Å². The first-order chi connectivity index (χ1) is 6.83. The fourth-order valence-corrected chi connectivity index (χ4v) is 0.951. The predicted octanol–water partition coefficient (Wildman–Crippen LogP) is 4.40. The summed E-state index contributed by atoms with van der Waals surface area (Å²) in [7, 11) is 0. The number of aromatic hydroxyl groups is 1. The first-order valence-electron chi connectivity index (χ1n) is 5.61. The van der Waals surface area contributed by atoms with Gasteiger partial charge in [-0.3, -0.25) is 0 Å². The van der Waals surface area contributed by atoms with E-state index >= 15 is 0 Å². The molecular weight excluding hydrogens is 172 g/mol. The van der Waals surface area contributed by atoms with E-state index in [0.29, 0.717) is 5.75 Å². The van der Waals surface area contributed by atoms with Crippen LogP contribution in [-0.4, -0.2) is 5.11 Å². The van der Waals surface area contributed by atoms with Gasteiger partial charge in [-0.2, -0.15) is 0 Å². The minimum Gasteiger partial charge on any atom is -0.508 e. The summed E-state index contributed by atoms with van der Waals surface area (Å²) in [5.41, 5.74) is 1.29. The lowest BCUT2D eigenvalue weighted by atomic mass is 10.1. The van der Waals surface area contributed by atoms with Crippen molar-refractivity contribution in [3.8, 4) is 5.75 Å². The lowest BCUT2D eigenvalue weighted by molar-refractivity contribution is 0.475. The zero-order valence-corrected chi connectivity index (χ0v) is 10.2. The normalized spacial score (nSPS) is 7.79. The number of benzene rings is 1. The van der Waals surface area contributed by atoms with Gasteiger partial charge < -0.3 is 5.11 Å². The van der Waals surface area contributed by atoms with Crippen molar-refractivity contribution in [2.24, 2.45) is 0 Å². The van der Waals surface area contributed by atoms with Gasteiger partial charge in [-0.1, -0.05) is 53.2 Å². The van der Waals surface area contributed by atoms with Gasteiger partial charge >= 0.3 is 0 Å². The highest BCUT2D eigenvalue weighted by molar-refractivity contribution is 5.25. The van der Waals surface area contributed by atoms with Crippen LogP contribution in [0.3, 0.4) is 0 Å². The van der Waals surface area contributed by atoms with Crippen molar-refractivity contribution in [2.45, 2.75) is 47.5 Å². The Kier molecular flexibility index (Phi) is 13.3. The lowest BCUT2D eigenvalue weighted by Crippen LogP contribution is -1.79. The molecule has 0 bridgehead atoms. The van der Waals surface area contributed by atoms with E-state index in [1.807, 2.05) is 39.8 Å². The van der Waals surface area contributed by atoms with Crippen molar-refractivity contribution in [3.05, 3.63) is 29.8 Å². The molecule has 1 aromatic rings. The highest BCUT2D eigenvalue weighted by Gasteiger charge is 1.89. The molecule has 1 aromatic carbocycles. The van der Waals surface area contributed by atoms with Gasteiger partial charge in [-0.15, -0.1) is 0 Å². The monoisotopic (exact) mass is 196 g/mol. The van der Waals surface area contributed by atoms with Crippen molar-refractivity contribution in [2.75, 3.05) is 0 Å². The molecule has 0 radical (unpaired) electrons. The Labute approximate surface area is 88.8 Å². The quantitative estimate of drug-likeness (QED) is 0.743. The molecular formula is C13H24O. The van der Waals surface area contributed by atoms with Crippen LogP contribution >= 0.6 is 0 Å². The second-order valence-electron chi connectivity index (χ2n) is 2.42. The van der Waals surface area contributed by atoms with Gasteiger partial charge in [0.25, 0.3) is 0 Å². The molecule has 14 heavy (non-hydrogen) atoms. The molecule has 1 N–H and O–H groups in total. The van der Waals surface area contributed by atoms with Gasteiger partial charge in [-0.25, -0.2) is 0 Å². The molecule has 0 aliphatic heterocycles. The number of phenolic OH excluding ortho intramolecular Hbond substituents is 1. The standard InChI is InChI=1S/C9H12O.2C2H6/c1-2-3-8-4-6-9(10)7-5-8;2*1-2/h4-7,10H,2-3H2,1H3;2*1-2H3. The van der Waals surface area contributed by atoms with Crippen LogP contribution in [0.25, 0.3) is 0 Å². The summed E-state index contributed by atoms with van der Waals surface area (Å²) in [6.07, 6.45) is 2.26. The van der Waals surface area contributed by atoms with Gasteiger partial charge in [0.2, 0.25) is 0 Å². The Morgan fingerprint density at radius 1 is 0.929 bits per heavy atom. The zero-order chi connectivity index (χ0) is 11.4. The highest BCUT2D eigenvalue weighted by atomic mass is 16.3. The Balaban J connectivity index is 0. The van der Waals surface area contributed by atoms with E-state index in [4.69, 9.17) is 5.11 Å². The van der Waals surface area contributed by atoms with Crippen LogP contribution in [0.5, 0.6) is 5.75 Å². The van der Waals surface area contributed by atoms with E-state index in [1.54, 1.807) is 12.1 Å². The van der Waals surface area contributed by atoms with Crippen LogP contribution in [0.15, 0.2) is 24.3 Å². The maximum atomic E-state index is 8.92. The Morgan fingerprint density at radius 3 is 1.71 bits per heavy atom. The zero-order valence-electron chi connectivity index (χ0n) is 10.2. The lowest BCUT2D eigenvalue weighted by Gasteiger charge is -1.96. The first kappa shape index (κ1) is 15.5. The molecule has 0 atom stereocenters. The van der Waals surface area contributed by atoms with Crippen molar-refractivity contribution in [3.63, 3.8) is 0 Å². The minimum atomic E-state index is 0.347. The summed E-state index contributed by atoms with van der Waals surface area (Å²) in [4.78, 5) is 0. The van der Waals surface area contributed by atoms with Crippen molar-refractivity contribution >= 4 is 0 Å². The predicted molar refractivity (Wildman–Crippen MR) is 64.8 cm³/mol. The molecule has 0 aliphatic carbocycles. The van der Waals surface area contributed by atoms with Gasteiger partial charge in [-0.05, 0) is 24.1 Å². The number of hydrogen-bond acceptors (Lipinski definition) is 1. The summed E-state index contributed by atoms with van der Waals surface area (Å²) >= 11 is 0. The first-order valence-corrected chi connectivity index (χ1v) is 5.61. The van der Waals surface area contributed by atoms with Crippen molar-refractivity contribution in [1.82, 2.24) is 0 Å². The summed E-state index contributed by atoms with van der Waals surface area (Å²) in [5.74, 6) is 0.347. The van der Waals surface area contributed by atoms with E-state index < -0.39 is 0 Å². The van der Waals surface area contributed by atoms with Crippen LogP contribution < -0.4 is 0 Å². The fraction of sp³-hybridized carbons (Fsp3) is 0.538. The maximum Gasteiger partial charge on any atom is 0.115 e. The molecule has 0 aliphatic rings. The van der Waals surface area contributed by atoms with Crippen LogP contribution in [0.4, 0.5) is 0 Å². The average Bonchev–Trinajstić information content (AvgIpc) is 2.28. The summed E-state index contributed by atoms with van der Waals surface area (Å²) in [6, 6.07) is 7.37. The Morgan fingerprint density at radius 2 is 1.36 bits per heavy atom. The molecule has 0 saturated heterocycles. The van der Waals surface area contributed by atoms with E-state index in [9.17, 15) is 0 Å². The van der Waals surface area contributed by atoms with Crippen LogP contribution in [0.1, 0.15) is 46.6 Å². The number of phenols is 1. The maximum absolute atomic E-state index is 8.92. The summed E-state index contributed by atoms with van der Waals surface area (Å²) in [6.45, 7) is 10.1. The third-order valence-corrected chi connectivity index (χ3v) is 1.48. The molecule has 0 unspecified atom stereocenters. The van der Waals surface area contributed by atoms with E-state index in [-0.39, 0.29) is 0 Å². The third-order valence-electron chi connectivity index (χ3n) is 1.48. The van der Waals surface area contributed by atoms with Crippen LogP contribution in [0, 0.1) is 0 Å². The smallest absolute Gasteiger partial charge is 0.115 e. The van der Waals surface area contributed by atoms with Gasteiger partial charge in [0.15, 0.2) is 0 Å². The molecule has 0 fully saturated rings. The molecule has 0 heterocycles. The largest absolute Gasteiger partial charge is 0.508 e. The topological polar surface area (TPSA) is 20.2 Å². The molecule has 1 rings (SSSR count). The van der Waals surface area contributed by atoms with E-state index in [2.05, 4.69) is 6.92 Å². The van der Waals surface area contributed by atoms with E-state index in [0.717, 1.165) is 12.8 Å². The van der Waals surface area contributed by atoms with E-state index in [1.165, 1.54) is 5.56 Å². The number of aryl methyl sites for hydroxylation is 1. The third kappa shape index (κ3) is 7.66. The highest BCUT2D eigenvalue weighted by Crippen LogP contribution is 2.10. The second-order valence-corrected chi connectivity index (χ2v) is 2.42. The van der Waals surface area contributed by atoms with Crippen LogP contribution in [0.2, 0.25) is 0 Å².